The van der Waals surface area contributed by atoms with Crippen LogP contribution in [0.3, 0.4) is 0 Å². The minimum absolute atomic E-state index is 0.0266. The van der Waals surface area contributed by atoms with E-state index in [-0.39, 0.29) is 5.91 Å². The normalized spacial score (nSPS) is 19.6. The Bertz CT molecular complexity index is 901. The van der Waals surface area contributed by atoms with Crippen molar-refractivity contribution in [3.05, 3.63) is 70.4 Å². The predicted octanol–water partition coefficient (Wildman–Crippen LogP) is 3.67. The van der Waals surface area contributed by atoms with Crippen molar-refractivity contribution in [2.24, 2.45) is 0 Å². The lowest BCUT2D eigenvalue weighted by Crippen LogP contribution is -2.44. The van der Waals surface area contributed by atoms with Gasteiger partial charge in [0.25, 0.3) is 5.91 Å². The molecule has 3 aromatic rings. The van der Waals surface area contributed by atoms with Crippen molar-refractivity contribution in [3.63, 3.8) is 0 Å². The van der Waals surface area contributed by atoms with Gasteiger partial charge in [-0.25, -0.2) is 4.98 Å². The highest BCUT2D eigenvalue weighted by atomic mass is 32.1. The predicted molar refractivity (Wildman–Crippen MR) is 109 cm³/mol. The average Bonchev–Trinajstić information content (AvgIpc) is 3.36. The van der Waals surface area contributed by atoms with Crippen molar-refractivity contribution in [3.8, 4) is 5.69 Å². The van der Waals surface area contributed by atoms with Gasteiger partial charge >= 0.3 is 0 Å². The smallest absolute Gasteiger partial charge is 0.251 e. The number of hydrogen-bond donors (Lipinski definition) is 1. The molecule has 0 saturated heterocycles. The summed E-state index contributed by atoms with van der Waals surface area (Å²) in [5.41, 5.74) is 3.16. The number of nitrogens with one attached hydrogen (secondary N) is 1. The molecule has 1 aliphatic heterocycles. The Balaban J connectivity index is 1.33. The fourth-order valence-corrected chi connectivity index (χ4v) is 4.88. The monoisotopic (exact) mass is 380 g/mol. The largest absolute Gasteiger partial charge is 0.351 e. The number of imidazole rings is 1. The molecule has 4 rings (SSSR count). The summed E-state index contributed by atoms with van der Waals surface area (Å²) in [5.74, 6) is -0.0266. The van der Waals surface area contributed by atoms with E-state index in [0.29, 0.717) is 24.2 Å². The molecule has 3 heterocycles. The summed E-state index contributed by atoms with van der Waals surface area (Å²) < 4.78 is 1.92. The molecule has 140 valence electrons. The molecule has 2 unspecified atom stereocenters. The third kappa shape index (κ3) is 3.68. The maximum Gasteiger partial charge on any atom is 0.251 e. The van der Waals surface area contributed by atoms with E-state index >= 15 is 0 Å². The molecule has 1 aromatic carbocycles. The van der Waals surface area contributed by atoms with Crippen molar-refractivity contribution >= 4 is 17.2 Å². The van der Waals surface area contributed by atoms with Crippen LogP contribution >= 0.6 is 11.3 Å². The summed E-state index contributed by atoms with van der Waals surface area (Å²) in [6, 6.07) is 10.7. The molecule has 0 fully saturated rings. The molecule has 1 N–H and O–H groups in total. The number of fused-ring (bicyclic) bond motifs is 1. The van der Waals surface area contributed by atoms with Gasteiger partial charge in [0, 0.05) is 53.7 Å². The number of carbonyl (C=O) groups is 1. The van der Waals surface area contributed by atoms with Crippen LogP contribution in [0.25, 0.3) is 5.69 Å². The summed E-state index contributed by atoms with van der Waals surface area (Å²) in [6.07, 6.45) is 6.46. The lowest BCUT2D eigenvalue weighted by Gasteiger charge is -2.38. The number of hydrogen-bond acceptors (Lipinski definition) is 4. The molecular formula is C21H24N4OS. The third-order valence-corrected chi connectivity index (χ3v) is 6.46. The summed E-state index contributed by atoms with van der Waals surface area (Å²) in [4.78, 5) is 20.5. The number of aromatic nitrogens is 2. The van der Waals surface area contributed by atoms with Crippen LogP contribution in [0.15, 0.2) is 54.4 Å². The van der Waals surface area contributed by atoms with E-state index < -0.39 is 0 Å². The van der Waals surface area contributed by atoms with Crippen molar-refractivity contribution < 1.29 is 4.79 Å². The second-order valence-electron chi connectivity index (χ2n) is 7.05. The van der Waals surface area contributed by atoms with Crippen molar-refractivity contribution in [2.75, 3.05) is 13.1 Å². The fourth-order valence-electron chi connectivity index (χ4n) is 3.86. The molecule has 0 bridgehead atoms. The van der Waals surface area contributed by atoms with Gasteiger partial charge in [-0.15, -0.1) is 11.3 Å². The summed E-state index contributed by atoms with van der Waals surface area (Å²) >= 11 is 1.84. The Hall–Kier alpha value is -2.44. The molecule has 2 atom stereocenters. The van der Waals surface area contributed by atoms with E-state index in [9.17, 15) is 4.79 Å². The first-order chi connectivity index (χ1) is 13.1. The van der Waals surface area contributed by atoms with Crippen LogP contribution in [-0.2, 0) is 6.42 Å². The highest BCUT2D eigenvalue weighted by Gasteiger charge is 2.29. The Morgan fingerprint density at radius 1 is 1.26 bits per heavy atom. The topological polar surface area (TPSA) is 50.2 Å². The highest BCUT2D eigenvalue weighted by Crippen LogP contribution is 2.35. The summed E-state index contributed by atoms with van der Waals surface area (Å²) in [7, 11) is 0. The second kappa shape index (κ2) is 7.66. The Labute approximate surface area is 163 Å². The minimum atomic E-state index is -0.0266. The van der Waals surface area contributed by atoms with Crippen molar-refractivity contribution in [2.45, 2.75) is 32.4 Å². The lowest BCUT2D eigenvalue weighted by molar-refractivity contribution is 0.0930. The van der Waals surface area contributed by atoms with Crippen LogP contribution in [-0.4, -0.2) is 39.5 Å². The molecule has 1 amide bonds. The zero-order chi connectivity index (χ0) is 18.8. The van der Waals surface area contributed by atoms with Gasteiger partial charge in [0.1, 0.15) is 0 Å². The number of benzene rings is 1. The molecule has 27 heavy (non-hydrogen) atoms. The quantitative estimate of drug-likeness (QED) is 0.735. The zero-order valence-electron chi connectivity index (χ0n) is 15.6. The van der Waals surface area contributed by atoms with Gasteiger partial charge in [0.05, 0.1) is 6.33 Å². The fraction of sp³-hybridized carbons (Fsp3) is 0.333. The van der Waals surface area contributed by atoms with E-state index in [1.54, 1.807) is 12.5 Å². The molecule has 5 nitrogen and oxygen atoms in total. The van der Waals surface area contributed by atoms with E-state index in [4.69, 9.17) is 0 Å². The average molecular weight is 381 g/mol. The first kappa shape index (κ1) is 17.9. The van der Waals surface area contributed by atoms with E-state index in [1.807, 2.05) is 46.4 Å². The number of nitrogens with zero attached hydrogens (tertiary/aromatic N) is 3. The highest BCUT2D eigenvalue weighted by molar-refractivity contribution is 7.10. The van der Waals surface area contributed by atoms with Crippen LogP contribution < -0.4 is 5.32 Å². The minimum Gasteiger partial charge on any atom is -0.351 e. The first-order valence-electron chi connectivity index (χ1n) is 9.32. The van der Waals surface area contributed by atoms with E-state index in [1.165, 1.54) is 10.4 Å². The van der Waals surface area contributed by atoms with Crippen molar-refractivity contribution in [1.82, 2.24) is 19.8 Å². The molecule has 2 aromatic heterocycles. The number of thiophene rings is 1. The Kier molecular flexibility index (Phi) is 5.09. The molecule has 1 aliphatic rings. The Morgan fingerprint density at radius 3 is 2.81 bits per heavy atom. The standard InChI is InChI=1S/C21H24N4OS/c1-15-13-18-7-12-27-20(18)16(2)25(15)11-9-23-21(26)17-3-5-19(6-4-17)24-10-8-22-14-24/h3-8,10,12,14-16H,9,11,13H2,1-2H3,(H,23,26). The molecule has 0 saturated carbocycles. The van der Waals surface area contributed by atoms with E-state index in [0.717, 1.165) is 18.7 Å². The summed E-state index contributed by atoms with van der Waals surface area (Å²) in [5, 5.41) is 5.25. The molecular weight excluding hydrogens is 356 g/mol. The molecule has 6 heteroatoms. The van der Waals surface area contributed by atoms with Crippen LogP contribution in [0.4, 0.5) is 0 Å². The molecule has 0 radical (unpaired) electrons. The van der Waals surface area contributed by atoms with Gasteiger partial charge in [-0.1, -0.05) is 0 Å². The summed E-state index contributed by atoms with van der Waals surface area (Å²) in [6.45, 7) is 6.05. The van der Waals surface area contributed by atoms with Crippen LogP contribution in [0.1, 0.15) is 40.7 Å². The second-order valence-corrected chi connectivity index (χ2v) is 8.00. The lowest BCUT2D eigenvalue weighted by atomic mass is 9.97. The molecule has 0 aliphatic carbocycles. The maximum atomic E-state index is 12.5. The van der Waals surface area contributed by atoms with Gasteiger partial charge < -0.3 is 9.88 Å². The number of rotatable bonds is 5. The third-order valence-electron chi connectivity index (χ3n) is 5.33. The van der Waals surface area contributed by atoms with Crippen LogP contribution in [0.2, 0.25) is 0 Å². The molecule has 0 spiro atoms. The van der Waals surface area contributed by atoms with Gasteiger partial charge in [0.2, 0.25) is 0 Å². The van der Waals surface area contributed by atoms with Gasteiger partial charge in [0.15, 0.2) is 0 Å². The van der Waals surface area contributed by atoms with Crippen molar-refractivity contribution in [1.29, 1.82) is 0 Å². The number of amides is 1. The SMILES string of the molecule is CC1Cc2ccsc2C(C)N1CCNC(=O)c1ccc(-n2ccnc2)cc1. The van der Waals surface area contributed by atoms with Crippen LogP contribution in [0, 0.1) is 0 Å². The number of carbonyl (C=O) groups excluding carboxylic acids is 1. The maximum absolute atomic E-state index is 12.5. The van der Waals surface area contributed by atoms with Gasteiger partial charge in [-0.3, -0.25) is 9.69 Å². The van der Waals surface area contributed by atoms with E-state index in [2.05, 4.69) is 40.5 Å². The van der Waals surface area contributed by atoms with Gasteiger partial charge in [-0.05, 0) is 61.5 Å². The first-order valence-corrected chi connectivity index (χ1v) is 10.2. The Morgan fingerprint density at radius 2 is 2.07 bits per heavy atom. The van der Waals surface area contributed by atoms with Crippen LogP contribution in [0.5, 0.6) is 0 Å². The zero-order valence-corrected chi connectivity index (χ0v) is 16.4. The van der Waals surface area contributed by atoms with Gasteiger partial charge in [-0.2, -0.15) is 0 Å².